The summed E-state index contributed by atoms with van der Waals surface area (Å²) in [4.78, 5) is 8.30. The molecule has 1 aromatic heterocycles. The van der Waals surface area contributed by atoms with E-state index in [1.165, 1.54) is 6.33 Å². The van der Waals surface area contributed by atoms with Crippen LogP contribution in [0, 0.1) is 6.92 Å². The predicted octanol–water partition coefficient (Wildman–Crippen LogP) is 2.39. The maximum Gasteiger partial charge on any atom is 0.221 e. The van der Waals surface area contributed by atoms with Gasteiger partial charge in [-0.3, -0.25) is 0 Å². The van der Waals surface area contributed by atoms with E-state index in [-0.39, 0.29) is 6.10 Å². The number of hydrogen-bond acceptors (Lipinski definition) is 4. The lowest BCUT2D eigenvalue weighted by molar-refractivity contribution is 0.207. The van der Waals surface area contributed by atoms with E-state index in [2.05, 4.69) is 22.2 Å². The van der Waals surface area contributed by atoms with Gasteiger partial charge in [0.05, 0.1) is 11.7 Å². The molecule has 1 N–H and O–H groups in total. The Morgan fingerprint density at radius 3 is 2.73 bits per heavy atom. The highest BCUT2D eigenvalue weighted by atomic mass is 16.5. The molecule has 0 aromatic carbocycles. The van der Waals surface area contributed by atoms with Crippen molar-refractivity contribution < 1.29 is 4.74 Å². The highest BCUT2D eigenvalue weighted by Crippen LogP contribution is 2.21. The van der Waals surface area contributed by atoms with Crippen LogP contribution in [0.25, 0.3) is 0 Å². The van der Waals surface area contributed by atoms with Crippen LogP contribution in [0.5, 0.6) is 5.88 Å². The minimum atomic E-state index is 0.188. The first kappa shape index (κ1) is 11.8. The number of anilines is 1. The van der Waals surface area contributed by atoms with Crippen LogP contribution in [0.15, 0.2) is 6.33 Å². The fourth-order valence-corrected chi connectivity index (χ4v) is 1.17. The zero-order valence-corrected chi connectivity index (χ0v) is 9.87. The normalized spacial score (nSPS) is 12.3. The van der Waals surface area contributed by atoms with Crippen LogP contribution < -0.4 is 10.1 Å². The van der Waals surface area contributed by atoms with Gasteiger partial charge >= 0.3 is 0 Å². The lowest BCUT2D eigenvalue weighted by Crippen LogP contribution is -2.13. The van der Waals surface area contributed by atoms with Crippen LogP contribution in [0.3, 0.4) is 0 Å². The molecule has 0 aliphatic carbocycles. The number of hydrogen-bond donors (Lipinski definition) is 1. The minimum absolute atomic E-state index is 0.188. The van der Waals surface area contributed by atoms with Crippen molar-refractivity contribution in [2.24, 2.45) is 0 Å². The van der Waals surface area contributed by atoms with Crippen LogP contribution >= 0.6 is 0 Å². The Labute approximate surface area is 91.1 Å². The number of aromatic nitrogens is 2. The van der Waals surface area contributed by atoms with Gasteiger partial charge in [-0.1, -0.05) is 6.92 Å². The first-order valence-electron chi connectivity index (χ1n) is 5.41. The summed E-state index contributed by atoms with van der Waals surface area (Å²) in [7, 11) is 0. The minimum Gasteiger partial charge on any atom is -0.474 e. The van der Waals surface area contributed by atoms with Gasteiger partial charge in [-0.15, -0.1) is 0 Å². The number of nitrogens with zero attached hydrogens (tertiary/aromatic N) is 2. The third-order valence-corrected chi connectivity index (χ3v) is 2.27. The van der Waals surface area contributed by atoms with Crippen molar-refractivity contribution in [2.45, 2.75) is 40.2 Å². The van der Waals surface area contributed by atoms with Crippen molar-refractivity contribution >= 4 is 5.82 Å². The second-order valence-corrected chi connectivity index (χ2v) is 3.52. The van der Waals surface area contributed by atoms with E-state index in [1.807, 2.05) is 20.8 Å². The lowest BCUT2D eigenvalue weighted by Gasteiger charge is -2.15. The molecule has 0 aliphatic heterocycles. The van der Waals surface area contributed by atoms with Crippen molar-refractivity contribution in [3.8, 4) is 5.88 Å². The summed E-state index contributed by atoms with van der Waals surface area (Å²) in [6.45, 7) is 8.98. The Kier molecular flexibility index (Phi) is 4.34. The molecule has 1 aromatic rings. The average Bonchev–Trinajstić information content (AvgIpc) is 2.24. The molecule has 15 heavy (non-hydrogen) atoms. The fraction of sp³-hybridized carbons (Fsp3) is 0.636. The van der Waals surface area contributed by atoms with Crippen molar-refractivity contribution in [1.29, 1.82) is 0 Å². The first-order valence-corrected chi connectivity index (χ1v) is 5.41. The smallest absolute Gasteiger partial charge is 0.221 e. The van der Waals surface area contributed by atoms with Crippen LogP contribution in [0.4, 0.5) is 5.82 Å². The average molecular weight is 209 g/mol. The molecule has 0 saturated carbocycles. The molecule has 0 spiro atoms. The van der Waals surface area contributed by atoms with E-state index in [1.54, 1.807) is 0 Å². The molecule has 0 bridgehead atoms. The van der Waals surface area contributed by atoms with Crippen LogP contribution in [-0.4, -0.2) is 22.6 Å². The molecule has 4 nitrogen and oxygen atoms in total. The first-order chi connectivity index (χ1) is 7.19. The van der Waals surface area contributed by atoms with Crippen LogP contribution in [-0.2, 0) is 0 Å². The molecule has 0 saturated heterocycles. The molecule has 0 radical (unpaired) electrons. The number of ether oxygens (including phenoxy) is 1. The van der Waals surface area contributed by atoms with Gasteiger partial charge in [0.1, 0.15) is 12.1 Å². The predicted molar refractivity (Wildman–Crippen MR) is 61.3 cm³/mol. The summed E-state index contributed by atoms with van der Waals surface area (Å²) >= 11 is 0. The standard InChI is InChI=1S/C11H19N3O/c1-5-8(3)15-11-9(4)10(12-6-2)13-7-14-11/h7-8H,5-6H2,1-4H3,(H,12,13,14). The van der Waals surface area contributed by atoms with E-state index < -0.39 is 0 Å². The molecule has 1 atom stereocenters. The zero-order valence-electron chi connectivity index (χ0n) is 9.87. The molecule has 0 aliphatic rings. The molecule has 1 heterocycles. The number of rotatable bonds is 5. The topological polar surface area (TPSA) is 47.0 Å². The summed E-state index contributed by atoms with van der Waals surface area (Å²) in [6, 6.07) is 0. The summed E-state index contributed by atoms with van der Waals surface area (Å²) in [5, 5.41) is 3.18. The molecule has 0 amide bonds. The van der Waals surface area contributed by atoms with E-state index in [0.717, 1.165) is 24.3 Å². The molecule has 1 rings (SSSR count). The molecular formula is C11H19N3O. The number of nitrogens with one attached hydrogen (secondary N) is 1. The maximum absolute atomic E-state index is 5.69. The summed E-state index contributed by atoms with van der Waals surface area (Å²) < 4.78 is 5.69. The van der Waals surface area contributed by atoms with Gasteiger partial charge in [0, 0.05) is 6.54 Å². The third-order valence-electron chi connectivity index (χ3n) is 2.27. The van der Waals surface area contributed by atoms with Crippen LogP contribution in [0.2, 0.25) is 0 Å². The largest absolute Gasteiger partial charge is 0.474 e. The van der Waals surface area contributed by atoms with E-state index in [9.17, 15) is 0 Å². The molecule has 4 heteroatoms. The van der Waals surface area contributed by atoms with Crippen molar-refractivity contribution in [1.82, 2.24) is 9.97 Å². The summed E-state index contributed by atoms with van der Waals surface area (Å²) in [5.74, 6) is 1.53. The summed E-state index contributed by atoms with van der Waals surface area (Å²) in [5.41, 5.74) is 0.972. The highest BCUT2D eigenvalue weighted by Gasteiger charge is 2.09. The van der Waals surface area contributed by atoms with E-state index >= 15 is 0 Å². The van der Waals surface area contributed by atoms with Crippen molar-refractivity contribution in [3.63, 3.8) is 0 Å². The van der Waals surface area contributed by atoms with Gasteiger partial charge < -0.3 is 10.1 Å². The lowest BCUT2D eigenvalue weighted by atomic mass is 10.3. The molecule has 0 fully saturated rings. The van der Waals surface area contributed by atoms with Crippen molar-refractivity contribution in [3.05, 3.63) is 11.9 Å². The van der Waals surface area contributed by atoms with Gasteiger partial charge in [-0.25, -0.2) is 9.97 Å². The summed E-state index contributed by atoms with van der Waals surface area (Å²) in [6.07, 6.45) is 2.69. The van der Waals surface area contributed by atoms with E-state index in [0.29, 0.717) is 5.88 Å². The molecule has 84 valence electrons. The van der Waals surface area contributed by atoms with E-state index in [4.69, 9.17) is 4.74 Å². The fourth-order valence-electron chi connectivity index (χ4n) is 1.17. The molecule has 1 unspecified atom stereocenters. The Balaban J connectivity index is 2.84. The Hall–Kier alpha value is -1.32. The second-order valence-electron chi connectivity index (χ2n) is 3.52. The van der Waals surface area contributed by atoms with Gasteiger partial charge in [0.15, 0.2) is 0 Å². The zero-order chi connectivity index (χ0) is 11.3. The maximum atomic E-state index is 5.69. The SMILES string of the molecule is CCNc1ncnc(OC(C)CC)c1C. The van der Waals surface area contributed by atoms with Crippen LogP contribution in [0.1, 0.15) is 32.8 Å². The van der Waals surface area contributed by atoms with Crippen molar-refractivity contribution in [2.75, 3.05) is 11.9 Å². The molecular weight excluding hydrogens is 190 g/mol. The Bertz CT molecular complexity index is 315. The Morgan fingerprint density at radius 1 is 1.40 bits per heavy atom. The highest BCUT2D eigenvalue weighted by molar-refractivity contribution is 5.47. The van der Waals surface area contributed by atoms with Gasteiger partial charge in [0.2, 0.25) is 5.88 Å². The Morgan fingerprint density at radius 2 is 2.13 bits per heavy atom. The van der Waals surface area contributed by atoms with Gasteiger partial charge in [0.25, 0.3) is 0 Å². The van der Waals surface area contributed by atoms with Gasteiger partial charge in [-0.05, 0) is 27.2 Å². The quantitative estimate of drug-likeness (QED) is 0.809. The monoisotopic (exact) mass is 209 g/mol. The second kappa shape index (κ2) is 5.53. The van der Waals surface area contributed by atoms with Gasteiger partial charge in [-0.2, -0.15) is 0 Å². The third kappa shape index (κ3) is 3.08.